The van der Waals surface area contributed by atoms with E-state index >= 15 is 0 Å². The maximum Gasteiger partial charge on any atom is 0.254 e. The summed E-state index contributed by atoms with van der Waals surface area (Å²) in [6.45, 7) is 3.59. The molecule has 2 amide bonds. The predicted molar refractivity (Wildman–Crippen MR) is 89.2 cm³/mol. The number of aromatic nitrogens is 2. The quantitative estimate of drug-likeness (QED) is 0.840. The number of nitrogens with zero attached hydrogens (tertiary/aromatic N) is 5. The second-order valence-corrected chi connectivity index (χ2v) is 6.77. The lowest BCUT2D eigenvalue weighted by Gasteiger charge is -2.36. The van der Waals surface area contributed by atoms with E-state index in [1.807, 2.05) is 38.2 Å². The number of nitrogens with one attached hydrogen (secondary N) is 1. The van der Waals surface area contributed by atoms with Gasteiger partial charge in [-0.05, 0) is 18.9 Å². The highest BCUT2D eigenvalue weighted by molar-refractivity contribution is 6.07. The number of amides is 2. The summed E-state index contributed by atoms with van der Waals surface area (Å²) in [6, 6.07) is 1.85. The van der Waals surface area contributed by atoms with E-state index in [0.717, 1.165) is 0 Å². The Hall–Kier alpha value is -2.38. The summed E-state index contributed by atoms with van der Waals surface area (Å²) in [7, 11) is 3.71. The van der Waals surface area contributed by atoms with Gasteiger partial charge in [0.1, 0.15) is 5.54 Å². The predicted octanol–water partition coefficient (Wildman–Crippen LogP) is -0.0722. The standard InChI is InChI=1S/C16H24N6O2/c1-12(11-22-8-4-7-17-22)13(23)21-9-5-16(6-10-21)14(24)18-15(19-16)20(2)3/h4,7-8,12H,5-6,9-11H2,1-3H3,(H,18,19,24). The van der Waals surface area contributed by atoms with Crippen molar-refractivity contribution >= 4 is 17.8 Å². The lowest BCUT2D eigenvalue weighted by molar-refractivity contribution is -0.139. The second kappa shape index (κ2) is 6.26. The van der Waals surface area contributed by atoms with Crippen molar-refractivity contribution in [3.63, 3.8) is 0 Å². The van der Waals surface area contributed by atoms with Crippen molar-refractivity contribution in [3.8, 4) is 0 Å². The molecule has 1 aromatic rings. The molecule has 3 rings (SSSR count). The van der Waals surface area contributed by atoms with E-state index in [1.165, 1.54) is 0 Å². The zero-order valence-corrected chi connectivity index (χ0v) is 14.4. The Morgan fingerprint density at radius 3 is 2.67 bits per heavy atom. The number of likely N-dealkylation sites (tertiary alicyclic amines) is 1. The third kappa shape index (κ3) is 3.00. The van der Waals surface area contributed by atoms with E-state index in [4.69, 9.17) is 0 Å². The third-order valence-corrected chi connectivity index (χ3v) is 4.74. The van der Waals surface area contributed by atoms with Gasteiger partial charge in [-0.15, -0.1) is 0 Å². The van der Waals surface area contributed by atoms with Gasteiger partial charge in [0.2, 0.25) is 11.9 Å². The number of carbonyl (C=O) groups is 2. The third-order valence-electron chi connectivity index (χ3n) is 4.74. The van der Waals surface area contributed by atoms with E-state index in [0.29, 0.717) is 38.4 Å². The van der Waals surface area contributed by atoms with Gasteiger partial charge in [0.15, 0.2) is 0 Å². The summed E-state index contributed by atoms with van der Waals surface area (Å²) in [5, 5.41) is 6.98. The smallest absolute Gasteiger partial charge is 0.254 e. The van der Waals surface area contributed by atoms with Gasteiger partial charge in [0.05, 0.1) is 12.5 Å². The summed E-state index contributed by atoms with van der Waals surface area (Å²) >= 11 is 0. The maximum atomic E-state index is 12.6. The van der Waals surface area contributed by atoms with Crippen LogP contribution in [0.5, 0.6) is 0 Å². The average molecular weight is 332 g/mol. The van der Waals surface area contributed by atoms with Crippen LogP contribution in [0.25, 0.3) is 0 Å². The van der Waals surface area contributed by atoms with Crippen LogP contribution in [-0.4, -0.2) is 70.1 Å². The van der Waals surface area contributed by atoms with Crippen LogP contribution in [-0.2, 0) is 16.1 Å². The molecule has 2 aliphatic heterocycles. The van der Waals surface area contributed by atoms with Crippen LogP contribution < -0.4 is 5.32 Å². The first-order valence-corrected chi connectivity index (χ1v) is 8.26. The fourth-order valence-electron chi connectivity index (χ4n) is 3.23. The molecule has 24 heavy (non-hydrogen) atoms. The highest BCUT2D eigenvalue weighted by Gasteiger charge is 2.47. The molecule has 1 unspecified atom stereocenters. The van der Waals surface area contributed by atoms with Crippen LogP contribution in [0, 0.1) is 5.92 Å². The van der Waals surface area contributed by atoms with Crippen molar-refractivity contribution in [3.05, 3.63) is 18.5 Å². The van der Waals surface area contributed by atoms with Crippen LogP contribution in [0.1, 0.15) is 19.8 Å². The SMILES string of the molecule is CC(Cn1cccn1)C(=O)N1CCC2(CC1)N=C(N(C)C)NC2=O. The maximum absolute atomic E-state index is 12.6. The Labute approximate surface area is 141 Å². The van der Waals surface area contributed by atoms with Crippen molar-refractivity contribution in [2.24, 2.45) is 10.9 Å². The minimum Gasteiger partial charge on any atom is -0.349 e. The molecule has 8 heteroatoms. The molecule has 1 aromatic heterocycles. The van der Waals surface area contributed by atoms with Crippen molar-refractivity contribution in [1.82, 2.24) is 24.9 Å². The second-order valence-electron chi connectivity index (χ2n) is 6.77. The Bertz CT molecular complexity index is 644. The normalized spacial score (nSPS) is 20.7. The highest BCUT2D eigenvalue weighted by Crippen LogP contribution is 2.30. The van der Waals surface area contributed by atoms with E-state index in [1.54, 1.807) is 15.8 Å². The zero-order chi connectivity index (χ0) is 17.3. The lowest BCUT2D eigenvalue weighted by atomic mass is 9.87. The molecule has 1 atom stereocenters. The van der Waals surface area contributed by atoms with Crippen molar-refractivity contribution in [2.45, 2.75) is 31.8 Å². The summed E-state index contributed by atoms with van der Waals surface area (Å²) in [6.07, 6.45) is 4.70. The number of piperidine rings is 1. The number of hydrogen-bond donors (Lipinski definition) is 1. The summed E-state index contributed by atoms with van der Waals surface area (Å²) in [5.74, 6) is 0.516. The lowest BCUT2D eigenvalue weighted by Crippen LogP contribution is -2.51. The van der Waals surface area contributed by atoms with Crippen LogP contribution >= 0.6 is 0 Å². The molecule has 0 aromatic carbocycles. The van der Waals surface area contributed by atoms with Crippen molar-refractivity contribution in [1.29, 1.82) is 0 Å². The molecule has 8 nitrogen and oxygen atoms in total. The minimum absolute atomic E-state index is 0.0529. The number of guanidine groups is 1. The summed E-state index contributed by atoms with van der Waals surface area (Å²) in [4.78, 5) is 33.2. The first-order valence-electron chi connectivity index (χ1n) is 8.26. The molecule has 3 heterocycles. The molecule has 0 radical (unpaired) electrons. The van der Waals surface area contributed by atoms with Gasteiger partial charge in [0.25, 0.3) is 5.91 Å². The minimum atomic E-state index is -0.707. The molecular formula is C16H24N6O2. The Balaban J connectivity index is 1.60. The highest BCUT2D eigenvalue weighted by atomic mass is 16.2. The largest absolute Gasteiger partial charge is 0.349 e. The van der Waals surface area contributed by atoms with E-state index in [-0.39, 0.29) is 17.7 Å². The van der Waals surface area contributed by atoms with Gasteiger partial charge >= 0.3 is 0 Å². The molecule has 0 saturated carbocycles. The first-order chi connectivity index (χ1) is 11.4. The summed E-state index contributed by atoms with van der Waals surface area (Å²) < 4.78 is 1.77. The molecule has 130 valence electrons. The molecule has 1 spiro atoms. The van der Waals surface area contributed by atoms with Crippen LogP contribution in [0.2, 0.25) is 0 Å². The van der Waals surface area contributed by atoms with Crippen molar-refractivity contribution < 1.29 is 9.59 Å². The van der Waals surface area contributed by atoms with E-state index in [2.05, 4.69) is 15.4 Å². The summed E-state index contributed by atoms with van der Waals surface area (Å²) in [5.41, 5.74) is -0.707. The van der Waals surface area contributed by atoms with E-state index < -0.39 is 5.54 Å². The van der Waals surface area contributed by atoms with Gasteiger partial charge in [0, 0.05) is 39.6 Å². The first kappa shape index (κ1) is 16.5. The number of hydrogen-bond acceptors (Lipinski definition) is 5. The molecule has 1 N–H and O–H groups in total. The number of rotatable bonds is 3. The molecule has 1 saturated heterocycles. The van der Waals surface area contributed by atoms with Gasteiger partial charge in [-0.25, -0.2) is 4.99 Å². The zero-order valence-electron chi connectivity index (χ0n) is 14.4. The number of aliphatic imine (C=N–C) groups is 1. The van der Waals surface area contributed by atoms with Gasteiger partial charge in [-0.1, -0.05) is 6.92 Å². The molecular weight excluding hydrogens is 308 g/mol. The number of carbonyl (C=O) groups excluding carboxylic acids is 2. The topological polar surface area (TPSA) is 82.8 Å². The van der Waals surface area contributed by atoms with Gasteiger partial charge in [-0.2, -0.15) is 5.10 Å². The molecule has 1 fully saturated rings. The molecule has 2 aliphatic rings. The molecule has 0 aliphatic carbocycles. The monoisotopic (exact) mass is 332 g/mol. The Morgan fingerprint density at radius 1 is 1.42 bits per heavy atom. The van der Waals surface area contributed by atoms with Crippen LogP contribution in [0.3, 0.4) is 0 Å². The van der Waals surface area contributed by atoms with E-state index in [9.17, 15) is 9.59 Å². The Morgan fingerprint density at radius 2 is 2.12 bits per heavy atom. The van der Waals surface area contributed by atoms with Gasteiger partial charge in [-0.3, -0.25) is 19.6 Å². The van der Waals surface area contributed by atoms with Gasteiger partial charge < -0.3 is 9.80 Å². The van der Waals surface area contributed by atoms with Crippen molar-refractivity contribution in [2.75, 3.05) is 27.2 Å². The fraction of sp³-hybridized carbons (Fsp3) is 0.625. The fourth-order valence-corrected chi connectivity index (χ4v) is 3.23. The Kier molecular flexibility index (Phi) is 4.29. The average Bonchev–Trinajstić information content (AvgIpc) is 3.17. The molecule has 0 bridgehead atoms. The van der Waals surface area contributed by atoms with Crippen LogP contribution in [0.4, 0.5) is 0 Å². The van der Waals surface area contributed by atoms with Crippen LogP contribution in [0.15, 0.2) is 23.5 Å².